The van der Waals surface area contributed by atoms with E-state index in [1.807, 2.05) is 6.92 Å². The molecule has 0 unspecified atom stereocenters. The Hall–Kier alpha value is -0.0800. The van der Waals surface area contributed by atoms with E-state index in [9.17, 15) is 0 Å². The maximum atomic E-state index is 9.10. The molecule has 0 aromatic heterocycles. The van der Waals surface area contributed by atoms with E-state index in [2.05, 4.69) is 11.9 Å². The molecule has 60 valence electrons. The van der Waals surface area contributed by atoms with Crippen LogP contribution in [0.2, 0.25) is 0 Å². The van der Waals surface area contributed by atoms with Crippen LogP contribution in [-0.2, 0) is 0 Å². The van der Waals surface area contributed by atoms with Gasteiger partial charge in [-0.1, -0.05) is 0 Å². The second-order valence-corrected chi connectivity index (χ2v) is 3.36. The van der Waals surface area contributed by atoms with E-state index in [1.165, 1.54) is 19.4 Å². The minimum atomic E-state index is -0.134. The Bertz CT molecular complexity index is 103. The third-order valence-electron chi connectivity index (χ3n) is 2.28. The third kappa shape index (κ3) is 1.96. The second-order valence-electron chi connectivity index (χ2n) is 3.36. The van der Waals surface area contributed by atoms with E-state index >= 15 is 0 Å². The molecular weight excluding hydrogens is 126 g/mol. The van der Waals surface area contributed by atoms with Gasteiger partial charge < -0.3 is 10.0 Å². The van der Waals surface area contributed by atoms with Crippen molar-refractivity contribution in [2.75, 3.05) is 13.6 Å². The topological polar surface area (TPSA) is 23.5 Å². The fourth-order valence-electron chi connectivity index (χ4n) is 1.67. The fraction of sp³-hybridized carbons (Fsp3) is 1.00. The van der Waals surface area contributed by atoms with Crippen LogP contribution in [0, 0.1) is 0 Å². The van der Waals surface area contributed by atoms with Gasteiger partial charge in [-0.15, -0.1) is 0 Å². The molecule has 0 spiro atoms. The summed E-state index contributed by atoms with van der Waals surface area (Å²) in [7, 11) is 2.14. The maximum Gasteiger partial charge on any atom is 0.0527 e. The summed E-state index contributed by atoms with van der Waals surface area (Å²) in [6, 6.07) is 0.639. The van der Waals surface area contributed by atoms with Crippen LogP contribution in [0.3, 0.4) is 0 Å². The summed E-state index contributed by atoms with van der Waals surface area (Å²) in [5.41, 5.74) is 0. The van der Waals surface area contributed by atoms with Crippen LogP contribution in [-0.4, -0.2) is 35.7 Å². The van der Waals surface area contributed by atoms with Crippen LogP contribution < -0.4 is 0 Å². The van der Waals surface area contributed by atoms with Gasteiger partial charge in [0.25, 0.3) is 0 Å². The molecule has 1 N–H and O–H groups in total. The van der Waals surface area contributed by atoms with Crippen molar-refractivity contribution in [1.82, 2.24) is 4.90 Å². The largest absolute Gasteiger partial charge is 0.393 e. The molecule has 1 aliphatic heterocycles. The monoisotopic (exact) mass is 143 g/mol. The molecule has 0 aliphatic carbocycles. The molecule has 0 aromatic carbocycles. The van der Waals surface area contributed by atoms with Crippen molar-refractivity contribution >= 4 is 0 Å². The highest BCUT2D eigenvalue weighted by Crippen LogP contribution is 2.18. The number of aliphatic hydroxyl groups excluding tert-OH is 1. The van der Waals surface area contributed by atoms with Gasteiger partial charge in [0.05, 0.1) is 6.10 Å². The first-order valence-corrected chi connectivity index (χ1v) is 4.08. The predicted octanol–water partition coefficient (Wildman–Crippen LogP) is 0.851. The molecular formula is C8H17NO. The third-order valence-corrected chi connectivity index (χ3v) is 2.28. The average Bonchev–Trinajstić information content (AvgIpc) is 2.15. The van der Waals surface area contributed by atoms with E-state index in [0.29, 0.717) is 6.04 Å². The van der Waals surface area contributed by atoms with Crippen molar-refractivity contribution in [2.45, 2.75) is 38.3 Å². The number of likely N-dealkylation sites (tertiary alicyclic amines) is 1. The summed E-state index contributed by atoms with van der Waals surface area (Å²) in [5.74, 6) is 0. The first kappa shape index (κ1) is 8.02. The Morgan fingerprint density at radius 1 is 1.70 bits per heavy atom. The minimum absolute atomic E-state index is 0.134. The lowest BCUT2D eigenvalue weighted by Gasteiger charge is -2.20. The lowest BCUT2D eigenvalue weighted by atomic mass is 10.1. The van der Waals surface area contributed by atoms with Crippen molar-refractivity contribution in [3.8, 4) is 0 Å². The Morgan fingerprint density at radius 2 is 2.40 bits per heavy atom. The second kappa shape index (κ2) is 3.35. The highest BCUT2D eigenvalue weighted by Gasteiger charge is 2.21. The van der Waals surface area contributed by atoms with Gasteiger partial charge in [-0.25, -0.2) is 0 Å². The molecule has 1 heterocycles. The smallest absolute Gasteiger partial charge is 0.0527 e. The Labute approximate surface area is 62.8 Å². The van der Waals surface area contributed by atoms with Crippen molar-refractivity contribution in [3.05, 3.63) is 0 Å². The van der Waals surface area contributed by atoms with Gasteiger partial charge in [0.1, 0.15) is 0 Å². The van der Waals surface area contributed by atoms with Crippen molar-refractivity contribution in [3.63, 3.8) is 0 Å². The molecule has 1 saturated heterocycles. The number of hydrogen-bond acceptors (Lipinski definition) is 2. The first-order chi connectivity index (χ1) is 4.70. The Kier molecular flexibility index (Phi) is 2.69. The average molecular weight is 143 g/mol. The van der Waals surface area contributed by atoms with E-state index in [1.54, 1.807) is 0 Å². The number of nitrogens with zero attached hydrogens (tertiary/aromatic N) is 1. The van der Waals surface area contributed by atoms with E-state index in [0.717, 1.165) is 6.42 Å². The molecule has 1 aliphatic rings. The lowest BCUT2D eigenvalue weighted by molar-refractivity contribution is 0.144. The molecule has 0 amide bonds. The molecule has 0 radical (unpaired) electrons. The van der Waals surface area contributed by atoms with Gasteiger partial charge in [0.2, 0.25) is 0 Å². The van der Waals surface area contributed by atoms with Gasteiger partial charge in [-0.2, -0.15) is 0 Å². The molecule has 1 rings (SSSR count). The zero-order chi connectivity index (χ0) is 7.56. The summed E-state index contributed by atoms with van der Waals surface area (Å²) in [6.45, 7) is 3.07. The van der Waals surface area contributed by atoms with Crippen molar-refractivity contribution < 1.29 is 5.11 Å². The highest BCUT2D eigenvalue weighted by atomic mass is 16.3. The van der Waals surface area contributed by atoms with Gasteiger partial charge in [0.15, 0.2) is 0 Å². The molecule has 2 heteroatoms. The number of aliphatic hydroxyl groups is 1. The van der Waals surface area contributed by atoms with Crippen molar-refractivity contribution in [1.29, 1.82) is 0 Å². The number of hydrogen-bond donors (Lipinski definition) is 1. The van der Waals surface area contributed by atoms with Gasteiger partial charge in [-0.05, 0) is 39.8 Å². The van der Waals surface area contributed by atoms with Crippen LogP contribution in [0.15, 0.2) is 0 Å². The molecule has 0 saturated carbocycles. The maximum absolute atomic E-state index is 9.10. The summed E-state index contributed by atoms with van der Waals surface area (Å²) < 4.78 is 0. The molecule has 10 heavy (non-hydrogen) atoms. The van der Waals surface area contributed by atoms with Crippen LogP contribution in [0.1, 0.15) is 26.2 Å². The molecule has 1 fully saturated rings. The Morgan fingerprint density at radius 3 is 2.80 bits per heavy atom. The van der Waals surface area contributed by atoms with Crippen LogP contribution in [0.4, 0.5) is 0 Å². The fourth-order valence-corrected chi connectivity index (χ4v) is 1.67. The molecule has 0 aromatic rings. The summed E-state index contributed by atoms with van der Waals surface area (Å²) in [5, 5.41) is 9.10. The van der Waals surface area contributed by atoms with E-state index < -0.39 is 0 Å². The van der Waals surface area contributed by atoms with Gasteiger partial charge >= 0.3 is 0 Å². The van der Waals surface area contributed by atoms with Crippen LogP contribution in [0.5, 0.6) is 0 Å². The SMILES string of the molecule is C[C@@H](O)C[C@@H]1CCCN1C. The summed E-state index contributed by atoms with van der Waals surface area (Å²) in [4.78, 5) is 2.34. The zero-order valence-electron chi connectivity index (χ0n) is 6.88. The minimum Gasteiger partial charge on any atom is -0.393 e. The quantitative estimate of drug-likeness (QED) is 0.619. The summed E-state index contributed by atoms with van der Waals surface area (Å²) in [6.07, 6.45) is 3.37. The molecule has 0 bridgehead atoms. The highest BCUT2D eigenvalue weighted by molar-refractivity contribution is 4.77. The summed E-state index contributed by atoms with van der Waals surface area (Å²) >= 11 is 0. The van der Waals surface area contributed by atoms with Gasteiger partial charge in [0, 0.05) is 6.04 Å². The number of rotatable bonds is 2. The zero-order valence-corrected chi connectivity index (χ0v) is 6.88. The lowest BCUT2D eigenvalue weighted by Crippen LogP contribution is -2.27. The Balaban J connectivity index is 2.26. The van der Waals surface area contributed by atoms with E-state index in [-0.39, 0.29) is 6.10 Å². The molecule has 2 atom stereocenters. The van der Waals surface area contributed by atoms with Crippen LogP contribution in [0.25, 0.3) is 0 Å². The van der Waals surface area contributed by atoms with Crippen molar-refractivity contribution in [2.24, 2.45) is 0 Å². The van der Waals surface area contributed by atoms with E-state index in [4.69, 9.17) is 5.11 Å². The predicted molar refractivity (Wildman–Crippen MR) is 41.9 cm³/mol. The van der Waals surface area contributed by atoms with Crippen LogP contribution >= 0.6 is 0 Å². The first-order valence-electron chi connectivity index (χ1n) is 4.08. The van der Waals surface area contributed by atoms with Gasteiger partial charge in [-0.3, -0.25) is 0 Å². The normalized spacial score (nSPS) is 30.9. The molecule has 2 nitrogen and oxygen atoms in total. The standard InChI is InChI=1S/C8H17NO/c1-7(10)6-8-4-3-5-9(8)2/h7-8,10H,3-6H2,1-2H3/t7-,8+/m1/s1.